The largest absolute Gasteiger partial charge is 0.493 e. The molecular formula is C29H27N3O7S. The molecule has 3 aromatic rings. The van der Waals surface area contributed by atoms with Crippen molar-refractivity contribution in [2.45, 2.75) is 33.7 Å². The van der Waals surface area contributed by atoms with Crippen molar-refractivity contribution in [3.8, 4) is 11.5 Å². The van der Waals surface area contributed by atoms with E-state index < -0.39 is 23.5 Å². The minimum Gasteiger partial charge on any atom is -0.493 e. The lowest BCUT2D eigenvalue weighted by Crippen LogP contribution is -2.41. The Morgan fingerprint density at radius 2 is 1.82 bits per heavy atom. The second-order valence-corrected chi connectivity index (χ2v) is 10.0. The van der Waals surface area contributed by atoms with Gasteiger partial charge in [-0.2, -0.15) is 0 Å². The third-order valence-electron chi connectivity index (χ3n) is 6.72. The average Bonchev–Trinajstić information content (AvgIpc) is 3.39. The summed E-state index contributed by atoms with van der Waals surface area (Å²) >= 11 is 1.10. The number of likely N-dealkylation sites (N-methyl/N-ethyl adjacent to an activating group) is 1. The molecule has 1 amide bonds. The third kappa shape index (κ3) is 4.32. The molecule has 0 N–H and O–H groups in total. The SMILES string of the molecule is CCOC(=O)C1=C(C)N=c2sc(=C3C(=O)N(CC)c4ccccc43)c(=O)n2C1c1ccc(OC(C)=O)c(OC)c1. The Morgan fingerprint density at radius 1 is 1.07 bits per heavy atom. The highest BCUT2D eigenvalue weighted by Gasteiger charge is 2.37. The van der Waals surface area contributed by atoms with Crippen LogP contribution in [-0.4, -0.2) is 42.7 Å². The average molecular weight is 562 g/mol. The maximum Gasteiger partial charge on any atom is 0.338 e. The molecule has 0 bridgehead atoms. The van der Waals surface area contributed by atoms with E-state index in [-0.39, 0.29) is 34.1 Å². The Kier molecular flexibility index (Phi) is 7.16. The van der Waals surface area contributed by atoms with Crippen molar-refractivity contribution in [3.63, 3.8) is 0 Å². The number of esters is 2. The zero-order valence-corrected chi connectivity index (χ0v) is 23.5. The van der Waals surface area contributed by atoms with E-state index in [9.17, 15) is 19.2 Å². The number of para-hydroxylation sites is 1. The first kappa shape index (κ1) is 27.1. The van der Waals surface area contributed by atoms with Crippen LogP contribution in [0.1, 0.15) is 44.9 Å². The summed E-state index contributed by atoms with van der Waals surface area (Å²) in [6, 6.07) is 11.2. The standard InChI is InChI=1S/C29H27N3O7S/c1-6-31-19-11-9-8-10-18(19)23(26(31)34)25-27(35)32-24(17-12-13-20(39-16(4)33)21(14-17)37-5)22(28(36)38-7-2)15(3)30-29(32)40-25/h8-14,24H,6-7H2,1-5H3. The van der Waals surface area contributed by atoms with Crippen LogP contribution in [0.5, 0.6) is 11.5 Å². The number of fused-ring (bicyclic) bond motifs is 2. The van der Waals surface area contributed by atoms with E-state index in [2.05, 4.69) is 4.99 Å². The number of methoxy groups -OCH3 is 1. The number of aromatic nitrogens is 1. The van der Waals surface area contributed by atoms with Crippen molar-refractivity contribution in [1.29, 1.82) is 0 Å². The first-order chi connectivity index (χ1) is 19.2. The monoisotopic (exact) mass is 561 g/mol. The lowest BCUT2D eigenvalue weighted by Gasteiger charge is -2.25. The van der Waals surface area contributed by atoms with Gasteiger partial charge in [-0.25, -0.2) is 9.79 Å². The fourth-order valence-electron chi connectivity index (χ4n) is 5.06. The number of carbonyl (C=O) groups is 3. The molecule has 11 heteroatoms. The Bertz CT molecular complexity index is 1780. The van der Waals surface area contributed by atoms with E-state index in [1.165, 1.54) is 18.6 Å². The first-order valence-corrected chi connectivity index (χ1v) is 13.5. The van der Waals surface area contributed by atoms with Gasteiger partial charge in [0, 0.05) is 19.0 Å². The summed E-state index contributed by atoms with van der Waals surface area (Å²) in [5.41, 5.74) is 2.34. The van der Waals surface area contributed by atoms with E-state index in [0.717, 1.165) is 17.0 Å². The maximum atomic E-state index is 14.2. The van der Waals surface area contributed by atoms with Crippen LogP contribution >= 0.6 is 11.3 Å². The minimum absolute atomic E-state index is 0.129. The van der Waals surface area contributed by atoms with E-state index in [1.807, 2.05) is 31.2 Å². The maximum absolute atomic E-state index is 14.2. The van der Waals surface area contributed by atoms with Crippen LogP contribution in [0.3, 0.4) is 0 Å². The van der Waals surface area contributed by atoms with Crippen molar-refractivity contribution >= 4 is 40.4 Å². The van der Waals surface area contributed by atoms with Gasteiger partial charge in [0.25, 0.3) is 11.5 Å². The van der Waals surface area contributed by atoms with Crippen molar-refractivity contribution in [2.24, 2.45) is 4.99 Å². The highest BCUT2D eigenvalue weighted by atomic mass is 32.1. The van der Waals surface area contributed by atoms with Crippen molar-refractivity contribution in [3.05, 3.63) is 84.5 Å². The van der Waals surface area contributed by atoms with Gasteiger partial charge in [0.15, 0.2) is 16.3 Å². The van der Waals surface area contributed by atoms with E-state index >= 15 is 0 Å². The smallest absolute Gasteiger partial charge is 0.338 e. The lowest BCUT2D eigenvalue weighted by molar-refractivity contribution is -0.139. The van der Waals surface area contributed by atoms with Crippen LogP contribution in [0.4, 0.5) is 5.69 Å². The molecule has 3 heterocycles. The molecule has 2 aliphatic rings. The molecule has 2 aliphatic heterocycles. The summed E-state index contributed by atoms with van der Waals surface area (Å²) in [4.78, 5) is 59.1. The second-order valence-electron chi connectivity index (χ2n) is 9.07. The predicted molar refractivity (Wildman–Crippen MR) is 148 cm³/mol. The number of rotatable bonds is 6. The number of allylic oxidation sites excluding steroid dienone is 1. The summed E-state index contributed by atoms with van der Waals surface area (Å²) < 4.78 is 17.7. The van der Waals surface area contributed by atoms with Gasteiger partial charge in [-0.3, -0.25) is 19.0 Å². The Balaban J connectivity index is 1.80. The highest BCUT2D eigenvalue weighted by molar-refractivity contribution is 7.07. The van der Waals surface area contributed by atoms with Gasteiger partial charge in [0.05, 0.1) is 42.3 Å². The van der Waals surface area contributed by atoms with Gasteiger partial charge in [-0.1, -0.05) is 35.6 Å². The Hall–Kier alpha value is -4.51. The van der Waals surface area contributed by atoms with Crippen LogP contribution in [0.25, 0.3) is 5.57 Å². The molecule has 1 atom stereocenters. The van der Waals surface area contributed by atoms with Gasteiger partial charge < -0.3 is 19.1 Å². The number of nitrogens with zero attached hydrogens (tertiary/aromatic N) is 3. The van der Waals surface area contributed by atoms with E-state index in [0.29, 0.717) is 33.7 Å². The zero-order chi connectivity index (χ0) is 28.7. The van der Waals surface area contributed by atoms with Gasteiger partial charge in [0.2, 0.25) is 0 Å². The number of thiazole rings is 1. The van der Waals surface area contributed by atoms with E-state index in [1.54, 1.807) is 36.9 Å². The highest BCUT2D eigenvalue weighted by Crippen LogP contribution is 2.37. The summed E-state index contributed by atoms with van der Waals surface area (Å²) in [5, 5.41) is 0. The van der Waals surface area contributed by atoms with Crippen molar-refractivity contribution < 1.29 is 28.6 Å². The molecule has 0 saturated carbocycles. The fraction of sp³-hybridized carbons (Fsp3) is 0.276. The molecule has 10 nitrogen and oxygen atoms in total. The van der Waals surface area contributed by atoms with Crippen molar-refractivity contribution in [1.82, 2.24) is 4.57 Å². The molecule has 1 unspecified atom stereocenters. The molecule has 206 valence electrons. The molecule has 0 spiro atoms. The number of ether oxygens (including phenoxy) is 3. The molecule has 5 rings (SSSR count). The first-order valence-electron chi connectivity index (χ1n) is 12.7. The quantitative estimate of drug-likeness (QED) is 0.335. The van der Waals surface area contributed by atoms with Crippen molar-refractivity contribution in [2.75, 3.05) is 25.2 Å². The minimum atomic E-state index is -0.932. The number of amides is 1. The molecule has 0 aliphatic carbocycles. The van der Waals surface area contributed by atoms with Crippen LogP contribution in [0.2, 0.25) is 0 Å². The molecule has 40 heavy (non-hydrogen) atoms. The van der Waals surface area contributed by atoms with Crippen LogP contribution in [0.15, 0.2) is 63.5 Å². The number of carbonyl (C=O) groups excluding carboxylic acids is 3. The lowest BCUT2D eigenvalue weighted by atomic mass is 9.95. The predicted octanol–water partition coefficient (Wildman–Crippen LogP) is 2.47. The molecule has 0 fully saturated rings. The third-order valence-corrected chi connectivity index (χ3v) is 7.77. The summed E-state index contributed by atoms with van der Waals surface area (Å²) in [7, 11) is 1.43. The molecule has 2 aromatic carbocycles. The molecular weight excluding hydrogens is 534 g/mol. The summed E-state index contributed by atoms with van der Waals surface area (Å²) in [5.74, 6) is -0.965. The van der Waals surface area contributed by atoms with Gasteiger partial charge in [-0.15, -0.1) is 0 Å². The van der Waals surface area contributed by atoms with Gasteiger partial charge >= 0.3 is 11.9 Å². The van der Waals surface area contributed by atoms with Gasteiger partial charge in [-0.05, 0) is 44.5 Å². The summed E-state index contributed by atoms with van der Waals surface area (Å²) in [6.07, 6.45) is 0. The number of hydrogen-bond acceptors (Lipinski definition) is 9. The van der Waals surface area contributed by atoms with Crippen LogP contribution in [0, 0.1) is 0 Å². The molecule has 1 aromatic heterocycles. The zero-order valence-electron chi connectivity index (χ0n) is 22.6. The Labute approximate surface area is 233 Å². The van der Waals surface area contributed by atoms with Crippen LogP contribution in [-0.2, 0) is 19.1 Å². The van der Waals surface area contributed by atoms with Gasteiger partial charge in [0.1, 0.15) is 4.53 Å². The molecule has 0 saturated heterocycles. The molecule has 0 radical (unpaired) electrons. The summed E-state index contributed by atoms with van der Waals surface area (Å²) in [6.45, 7) is 7.10. The number of hydrogen-bond donors (Lipinski definition) is 0. The number of anilines is 1. The number of benzene rings is 2. The second kappa shape index (κ2) is 10.6. The topological polar surface area (TPSA) is 117 Å². The Morgan fingerprint density at radius 3 is 2.50 bits per heavy atom. The van der Waals surface area contributed by atoms with Crippen LogP contribution < -0.4 is 29.3 Å². The fourth-order valence-corrected chi connectivity index (χ4v) is 6.20. The van der Waals surface area contributed by atoms with E-state index in [4.69, 9.17) is 14.2 Å². The normalized spacial score (nSPS) is 17.3.